The fraction of sp³-hybridized carbons (Fsp3) is 0.300. The monoisotopic (exact) mass is 367 g/mol. The van der Waals surface area contributed by atoms with Crippen LogP contribution in [-0.2, 0) is 13.5 Å². The molecule has 1 fully saturated rings. The van der Waals surface area contributed by atoms with Crippen molar-refractivity contribution in [3.8, 4) is 0 Å². The van der Waals surface area contributed by atoms with Crippen LogP contribution in [0.25, 0.3) is 11.1 Å². The third kappa shape index (κ3) is 3.24. The molecule has 26 heavy (non-hydrogen) atoms. The third-order valence-corrected chi connectivity index (χ3v) is 5.37. The number of rotatable bonds is 3. The van der Waals surface area contributed by atoms with Crippen LogP contribution in [0, 0.1) is 0 Å². The number of benzene rings is 2. The summed E-state index contributed by atoms with van der Waals surface area (Å²) in [5.41, 5.74) is 3.76. The maximum atomic E-state index is 11.6. The van der Waals surface area contributed by atoms with E-state index in [1.165, 1.54) is 10.3 Å². The first kappa shape index (κ1) is 16.8. The summed E-state index contributed by atoms with van der Waals surface area (Å²) in [7, 11) is 1.71. The molecule has 1 aliphatic rings. The van der Waals surface area contributed by atoms with E-state index in [0.717, 1.165) is 42.2 Å². The fourth-order valence-electron chi connectivity index (χ4n) is 3.43. The van der Waals surface area contributed by atoms with E-state index in [4.69, 9.17) is 16.6 Å². The number of piperazine rings is 1. The van der Waals surface area contributed by atoms with Crippen LogP contribution >= 0.6 is 12.2 Å². The second kappa shape index (κ2) is 6.96. The Hall–Kier alpha value is -2.60. The maximum absolute atomic E-state index is 11.6. The smallest absolute Gasteiger partial charge is 0.408 e. The number of aromatic nitrogens is 1. The predicted molar refractivity (Wildman–Crippen MR) is 108 cm³/mol. The largest absolute Gasteiger partial charge is 0.419 e. The van der Waals surface area contributed by atoms with Crippen molar-refractivity contribution in [1.82, 2.24) is 9.47 Å². The summed E-state index contributed by atoms with van der Waals surface area (Å²) in [5.74, 6) is -0.336. The van der Waals surface area contributed by atoms with Gasteiger partial charge in [0.1, 0.15) is 0 Å². The fourth-order valence-corrected chi connectivity index (χ4v) is 3.78. The highest BCUT2D eigenvalue weighted by atomic mass is 32.1. The topological polar surface area (TPSA) is 41.6 Å². The van der Waals surface area contributed by atoms with Crippen molar-refractivity contribution in [2.24, 2.45) is 7.05 Å². The van der Waals surface area contributed by atoms with Gasteiger partial charge < -0.3 is 14.2 Å². The van der Waals surface area contributed by atoms with Crippen molar-refractivity contribution in [1.29, 1.82) is 0 Å². The number of fused-ring (bicyclic) bond motifs is 1. The highest BCUT2D eigenvalue weighted by Crippen LogP contribution is 2.18. The van der Waals surface area contributed by atoms with E-state index >= 15 is 0 Å². The van der Waals surface area contributed by atoms with Crippen LogP contribution in [0.4, 0.5) is 5.69 Å². The lowest BCUT2D eigenvalue weighted by Crippen LogP contribution is -2.48. The Bertz CT molecular complexity index is 985. The summed E-state index contributed by atoms with van der Waals surface area (Å²) >= 11 is 5.67. The SMILES string of the molecule is Cn1c(=O)oc2cc(CC(=S)N3CCN(c4ccccc4)CC3)ccc21. The number of hydrogen-bond donors (Lipinski definition) is 0. The molecule has 3 aromatic rings. The van der Waals surface area contributed by atoms with Crippen LogP contribution in [0.5, 0.6) is 0 Å². The van der Waals surface area contributed by atoms with Gasteiger partial charge in [-0.3, -0.25) is 4.57 Å². The maximum Gasteiger partial charge on any atom is 0.419 e. The van der Waals surface area contributed by atoms with E-state index in [1.807, 2.05) is 24.3 Å². The summed E-state index contributed by atoms with van der Waals surface area (Å²) in [4.78, 5) is 17.2. The number of aryl methyl sites for hydroxylation is 1. The number of anilines is 1. The van der Waals surface area contributed by atoms with Crippen molar-refractivity contribution < 1.29 is 4.42 Å². The molecule has 1 saturated heterocycles. The van der Waals surface area contributed by atoms with E-state index in [1.54, 1.807) is 7.05 Å². The Morgan fingerprint density at radius 1 is 1.08 bits per heavy atom. The summed E-state index contributed by atoms with van der Waals surface area (Å²) in [6.45, 7) is 3.79. The molecule has 5 nitrogen and oxygen atoms in total. The van der Waals surface area contributed by atoms with Crippen LogP contribution in [0.1, 0.15) is 5.56 Å². The van der Waals surface area contributed by atoms with E-state index in [-0.39, 0.29) is 5.76 Å². The molecule has 6 heteroatoms. The van der Waals surface area contributed by atoms with Crippen molar-refractivity contribution in [2.75, 3.05) is 31.1 Å². The number of para-hydroxylation sites is 1. The van der Waals surface area contributed by atoms with Crippen LogP contribution in [0.15, 0.2) is 57.7 Å². The minimum atomic E-state index is -0.336. The van der Waals surface area contributed by atoms with Gasteiger partial charge >= 0.3 is 5.76 Å². The summed E-state index contributed by atoms with van der Waals surface area (Å²) in [5, 5.41) is 0. The number of oxazole rings is 1. The molecule has 0 unspecified atom stereocenters. The van der Waals surface area contributed by atoms with Crippen molar-refractivity contribution in [2.45, 2.75) is 6.42 Å². The molecular weight excluding hydrogens is 346 g/mol. The first-order valence-corrected chi connectivity index (χ1v) is 9.19. The Labute approximate surface area is 157 Å². The van der Waals surface area contributed by atoms with Gasteiger partial charge in [-0.2, -0.15) is 0 Å². The molecule has 0 bridgehead atoms. The Morgan fingerprint density at radius 3 is 2.54 bits per heavy atom. The number of thiocarbonyl (C=S) groups is 1. The standard InChI is InChI=1S/C20H21N3O2S/c1-21-17-8-7-15(13-18(17)25-20(21)24)14-19(26)23-11-9-22(10-12-23)16-5-3-2-4-6-16/h2-8,13H,9-12,14H2,1H3. The first-order valence-electron chi connectivity index (χ1n) is 8.78. The summed E-state index contributed by atoms with van der Waals surface area (Å²) in [6.07, 6.45) is 0.690. The van der Waals surface area contributed by atoms with E-state index in [9.17, 15) is 4.79 Å². The molecule has 0 amide bonds. The molecule has 0 spiro atoms. The predicted octanol–water partition coefficient (Wildman–Crippen LogP) is 2.82. The van der Waals surface area contributed by atoms with Crippen LogP contribution in [-0.4, -0.2) is 40.6 Å². The molecule has 2 heterocycles. The zero-order valence-corrected chi connectivity index (χ0v) is 15.5. The molecule has 0 aliphatic carbocycles. The molecule has 134 valence electrons. The Morgan fingerprint density at radius 2 is 1.81 bits per heavy atom. The first-order chi connectivity index (χ1) is 12.6. The number of nitrogens with zero attached hydrogens (tertiary/aromatic N) is 3. The van der Waals surface area contributed by atoms with Gasteiger partial charge in [-0.15, -0.1) is 0 Å². The van der Waals surface area contributed by atoms with Crippen molar-refractivity contribution >= 4 is 34.0 Å². The van der Waals surface area contributed by atoms with Gasteiger partial charge in [0.25, 0.3) is 0 Å². The normalized spacial score (nSPS) is 14.8. The van der Waals surface area contributed by atoms with Gasteiger partial charge in [-0.25, -0.2) is 4.79 Å². The van der Waals surface area contributed by atoms with Gasteiger partial charge in [0, 0.05) is 45.3 Å². The van der Waals surface area contributed by atoms with Crippen LogP contribution in [0.2, 0.25) is 0 Å². The van der Waals surface area contributed by atoms with Crippen molar-refractivity contribution in [3.63, 3.8) is 0 Å². The van der Waals surface area contributed by atoms with E-state index in [2.05, 4.69) is 34.1 Å². The average Bonchev–Trinajstić information content (AvgIpc) is 2.96. The lowest BCUT2D eigenvalue weighted by Gasteiger charge is -2.37. The quantitative estimate of drug-likeness (QED) is 0.666. The van der Waals surface area contributed by atoms with Gasteiger partial charge in [0.15, 0.2) is 5.58 Å². The molecular formula is C20H21N3O2S. The van der Waals surface area contributed by atoms with Gasteiger partial charge in [0.05, 0.1) is 10.5 Å². The molecule has 4 rings (SSSR count). The molecule has 0 N–H and O–H groups in total. The molecule has 0 atom stereocenters. The molecule has 0 radical (unpaired) electrons. The minimum absolute atomic E-state index is 0.336. The second-order valence-electron chi connectivity index (χ2n) is 6.61. The zero-order chi connectivity index (χ0) is 18.1. The van der Waals surface area contributed by atoms with E-state index < -0.39 is 0 Å². The van der Waals surface area contributed by atoms with Crippen LogP contribution < -0.4 is 10.7 Å². The van der Waals surface area contributed by atoms with Gasteiger partial charge in [-0.05, 0) is 29.8 Å². The Balaban J connectivity index is 1.40. The lowest BCUT2D eigenvalue weighted by molar-refractivity contribution is 0.387. The molecule has 0 saturated carbocycles. The van der Waals surface area contributed by atoms with E-state index in [0.29, 0.717) is 12.0 Å². The molecule has 1 aromatic heterocycles. The zero-order valence-electron chi connectivity index (χ0n) is 14.7. The summed E-state index contributed by atoms with van der Waals surface area (Å²) < 4.78 is 6.79. The van der Waals surface area contributed by atoms with Gasteiger partial charge in [-0.1, -0.05) is 36.5 Å². The highest BCUT2D eigenvalue weighted by Gasteiger charge is 2.19. The summed E-state index contributed by atoms with van der Waals surface area (Å²) in [6, 6.07) is 16.3. The lowest BCUT2D eigenvalue weighted by atomic mass is 10.1. The second-order valence-corrected chi connectivity index (χ2v) is 7.08. The molecule has 1 aliphatic heterocycles. The minimum Gasteiger partial charge on any atom is -0.408 e. The average molecular weight is 367 g/mol. The van der Waals surface area contributed by atoms with Gasteiger partial charge in [0.2, 0.25) is 0 Å². The third-order valence-electron chi connectivity index (χ3n) is 4.97. The number of hydrogen-bond acceptors (Lipinski definition) is 4. The van der Waals surface area contributed by atoms with Crippen molar-refractivity contribution in [3.05, 3.63) is 64.6 Å². The Kier molecular flexibility index (Phi) is 4.51. The molecule has 2 aromatic carbocycles. The highest BCUT2D eigenvalue weighted by molar-refractivity contribution is 7.80. The van der Waals surface area contributed by atoms with Crippen LogP contribution in [0.3, 0.4) is 0 Å².